The van der Waals surface area contributed by atoms with E-state index >= 15 is 0 Å². The van der Waals surface area contributed by atoms with Gasteiger partial charge in [0.25, 0.3) is 0 Å². The van der Waals surface area contributed by atoms with E-state index in [-0.39, 0.29) is 18.7 Å². The number of hydrogen-bond donors (Lipinski definition) is 0. The van der Waals surface area contributed by atoms with Gasteiger partial charge in [-0.25, -0.2) is 4.79 Å². The van der Waals surface area contributed by atoms with Crippen molar-refractivity contribution < 1.29 is 23.8 Å². The predicted octanol–water partition coefficient (Wildman–Crippen LogP) is 4.16. The Balaban J connectivity index is 2.08. The molecule has 7 nitrogen and oxygen atoms in total. The minimum atomic E-state index is -0.419. The first-order valence-corrected chi connectivity index (χ1v) is 10.0. The van der Waals surface area contributed by atoms with E-state index in [0.717, 1.165) is 17.5 Å². The number of fused-ring (bicyclic) bond motifs is 1. The molecule has 0 saturated heterocycles. The minimum absolute atomic E-state index is 0.169. The number of nitrogens with zero attached hydrogens (tertiary/aromatic N) is 2. The van der Waals surface area contributed by atoms with Crippen LogP contribution in [0.1, 0.15) is 37.4 Å². The molecule has 2 aromatic rings. The van der Waals surface area contributed by atoms with Gasteiger partial charge in [-0.1, -0.05) is 30.3 Å². The topological polar surface area (TPSA) is 68.3 Å². The van der Waals surface area contributed by atoms with Crippen molar-refractivity contribution in [1.82, 2.24) is 4.90 Å². The van der Waals surface area contributed by atoms with Crippen molar-refractivity contribution in [2.75, 3.05) is 25.7 Å². The molecule has 0 saturated carbocycles. The Hall–Kier alpha value is -3.22. The maximum absolute atomic E-state index is 12.7. The van der Waals surface area contributed by atoms with Crippen molar-refractivity contribution in [3.8, 4) is 11.5 Å². The first kappa shape index (κ1) is 21.5. The van der Waals surface area contributed by atoms with E-state index in [4.69, 9.17) is 14.2 Å². The average Bonchev–Trinajstić information content (AvgIpc) is 2.76. The fourth-order valence-corrected chi connectivity index (χ4v) is 3.95. The Morgan fingerprint density at radius 3 is 2.43 bits per heavy atom. The van der Waals surface area contributed by atoms with Crippen LogP contribution in [0.25, 0.3) is 0 Å². The second-order valence-corrected chi connectivity index (χ2v) is 7.20. The van der Waals surface area contributed by atoms with Crippen molar-refractivity contribution >= 4 is 18.2 Å². The van der Waals surface area contributed by atoms with Crippen LogP contribution in [0.4, 0.5) is 10.5 Å². The highest BCUT2D eigenvalue weighted by Gasteiger charge is 2.38. The predicted molar refractivity (Wildman–Crippen MR) is 114 cm³/mol. The lowest BCUT2D eigenvalue weighted by Crippen LogP contribution is -2.46. The van der Waals surface area contributed by atoms with Crippen LogP contribution in [0.2, 0.25) is 0 Å². The summed E-state index contributed by atoms with van der Waals surface area (Å²) in [5, 5.41) is 0. The normalized spacial score (nSPS) is 17.7. The fraction of sp³-hybridized carbons (Fsp3) is 0.391. The molecule has 0 spiro atoms. The van der Waals surface area contributed by atoms with Gasteiger partial charge in [-0.2, -0.15) is 0 Å². The number of benzene rings is 2. The van der Waals surface area contributed by atoms with Crippen molar-refractivity contribution in [1.29, 1.82) is 0 Å². The molecule has 0 aromatic heterocycles. The molecule has 30 heavy (non-hydrogen) atoms. The van der Waals surface area contributed by atoms with Crippen LogP contribution in [-0.2, 0) is 16.1 Å². The number of hydrogen-bond acceptors (Lipinski definition) is 5. The molecule has 2 atom stereocenters. The van der Waals surface area contributed by atoms with E-state index in [1.54, 1.807) is 37.0 Å². The van der Waals surface area contributed by atoms with Crippen molar-refractivity contribution in [3.63, 3.8) is 0 Å². The monoisotopic (exact) mass is 412 g/mol. The third-order valence-electron chi connectivity index (χ3n) is 5.36. The molecule has 1 aliphatic heterocycles. The lowest BCUT2D eigenvalue weighted by Gasteiger charge is -2.42. The van der Waals surface area contributed by atoms with Crippen LogP contribution in [0.15, 0.2) is 42.5 Å². The van der Waals surface area contributed by atoms with Gasteiger partial charge in [-0.15, -0.1) is 0 Å². The lowest BCUT2D eigenvalue weighted by molar-refractivity contribution is -0.121. The Morgan fingerprint density at radius 1 is 1.17 bits per heavy atom. The molecule has 1 heterocycles. The smallest absolute Gasteiger partial charge is 0.414 e. The van der Waals surface area contributed by atoms with Crippen molar-refractivity contribution in [2.24, 2.45) is 0 Å². The molecule has 7 heteroatoms. The summed E-state index contributed by atoms with van der Waals surface area (Å²) in [6, 6.07) is 13.1. The molecule has 2 aromatic carbocycles. The highest BCUT2D eigenvalue weighted by Crippen LogP contribution is 2.46. The Labute approximate surface area is 177 Å². The van der Waals surface area contributed by atoms with Crippen LogP contribution >= 0.6 is 0 Å². The largest absolute Gasteiger partial charge is 0.493 e. The minimum Gasteiger partial charge on any atom is -0.493 e. The molecular weight excluding hydrogens is 384 g/mol. The van der Waals surface area contributed by atoms with Gasteiger partial charge in [0.1, 0.15) is 0 Å². The first-order chi connectivity index (χ1) is 14.5. The van der Waals surface area contributed by atoms with E-state index in [9.17, 15) is 9.59 Å². The molecule has 1 aliphatic rings. The Kier molecular flexibility index (Phi) is 6.82. The highest BCUT2D eigenvalue weighted by molar-refractivity contribution is 5.91. The summed E-state index contributed by atoms with van der Waals surface area (Å²) in [6.07, 6.45) is 1.02. The number of carbonyl (C=O) groups is 2. The van der Waals surface area contributed by atoms with E-state index in [2.05, 4.69) is 0 Å². The van der Waals surface area contributed by atoms with Crippen LogP contribution in [0.3, 0.4) is 0 Å². The summed E-state index contributed by atoms with van der Waals surface area (Å²) in [7, 11) is 3.12. The van der Waals surface area contributed by atoms with E-state index in [1.165, 1.54) is 0 Å². The van der Waals surface area contributed by atoms with Gasteiger partial charge in [0, 0.05) is 24.2 Å². The molecule has 0 fully saturated rings. The Bertz CT molecular complexity index is 887. The number of ether oxygens (including phenoxy) is 3. The second-order valence-electron chi connectivity index (χ2n) is 7.20. The van der Waals surface area contributed by atoms with Gasteiger partial charge in [0.05, 0.1) is 32.6 Å². The quantitative estimate of drug-likeness (QED) is 0.639. The summed E-state index contributed by atoms with van der Waals surface area (Å²) < 4.78 is 16.2. The van der Waals surface area contributed by atoms with E-state index in [1.807, 2.05) is 43.3 Å². The summed E-state index contributed by atoms with van der Waals surface area (Å²) in [5.41, 5.74) is 2.52. The zero-order valence-electron chi connectivity index (χ0n) is 17.8. The van der Waals surface area contributed by atoms with Crippen LogP contribution in [0.5, 0.6) is 11.5 Å². The summed E-state index contributed by atoms with van der Waals surface area (Å²) in [5.74, 6) is 1.06. The summed E-state index contributed by atoms with van der Waals surface area (Å²) >= 11 is 0. The number of anilines is 1. The molecule has 0 radical (unpaired) electrons. The molecule has 0 aliphatic carbocycles. The summed E-state index contributed by atoms with van der Waals surface area (Å²) in [4.78, 5) is 28.2. The number of amides is 2. The molecule has 3 rings (SSSR count). The molecule has 0 bridgehead atoms. The molecule has 2 amide bonds. The van der Waals surface area contributed by atoms with Gasteiger partial charge in [0.2, 0.25) is 6.41 Å². The van der Waals surface area contributed by atoms with Gasteiger partial charge < -0.3 is 19.1 Å². The van der Waals surface area contributed by atoms with Gasteiger partial charge in [-0.05, 0) is 31.9 Å². The zero-order valence-corrected chi connectivity index (χ0v) is 17.8. The highest BCUT2D eigenvalue weighted by atomic mass is 16.6. The number of methoxy groups -OCH3 is 2. The average molecular weight is 412 g/mol. The van der Waals surface area contributed by atoms with Crippen LogP contribution < -0.4 is 14.4 Å². The van der Waals surface area contributed by atoms with Gasteiger partial charge >= 0.3 is 6.09 Å². The second kappa shape index (κ2) is 9.52. The number of carbonyl (C=O) groups excluding carboxylic acids is 2. The van der Waals surface area contributed by atoms with Crippen LogP contribution in [0, 0.1) is 0 Å². The molecule has 0 N–H and O–H groups in total. The van der Waals surface area contributed by atoms with Crippen molar-refractivity contribution in [2.45, 2.75) is 38.9 Å². The third-order valence-corrected chi connectivity index (χ3v) is 5.36. The van der Waals surface area contributed by atoms with Gasteiger partial charge in [-0.3, -0.25) is 9.69 Å². The fourth-order valence-electron chi connectivity index (χ4n) is 3.95. The number of rotatable bonds is 7. The van der Waals surface area contributed by atoms with E-state index in [0.29, 0.717) is 30.2 Å². The van der Waals surface area contributed by atoms with Crippen LogP contribution in [-0.4, -0.2) is 44.3 Å². The lowest BCUT2D eigenvalue weighted by atomic mass is 9.90. The van der Waals surface area contributed by atoms with Gasteiger partial charge in [0.15, 0.2) is 11.5 Å². The standard InChI is InChI=1S/C23H28N2O5/c1-5-30-23(27)25-16(2)11-19(24(15-26)14-17-9-7-6-8-10-17)18-12-21(28-3)22(29-4)13-20(18)25/h6-10,12-13,15-16,19H,5,11,14H2,1-4H3/t16-,19+/m1/s1. The molecular formula is C23H28N2O5. The van der Waals surface area contributed by atoms with Crippen molar-refractivity contribution in [3.05, 3.63) is 53.6 Å². The van der Waals surface area contributed by atoms with E-state index < -0.39 is 6.09 Å². The maximum atomic E-state index is 12.7. The summed E-state index contributed by atoms with van der Waals surface area (Å²) in [6.45, 7) is 4.48. The maximum Gasteiger partial charge on any atom is 0.414 e. The first-order valence-electron chi connectivity index (χ1n) is 10.0. The third kappa shape index (κ3) is 4.20. The zero-order chi connectivity index (χ0) is 21.7. The Morgan fingerprint density at radius 2 is 1.83 bits per heavy atom. The molecule has 160 valence electrons. The SMILES string of the molecule is CCOC(=O)N1c2cc(OC)c(OC)cc2[C@@H](N(C=O)Cc2ccccc2)C[C@H]1C. The molecule has 0 unspecified atom stereocenters.